The van der Waals surface area contributed by atoms with Gasteiger partial charge in [-0.2, -0.15) is 5.10 Å². The maximum Gasteiger partial charge on any atom is 0.307 e. The Morgan fingerprint density at radius 1 is 0.938 bits per heavy atom. The van der Waals surface area contributed by atoms with Gasteiger partial charge in [0, 0.05) is 0 Å². The van der Waals surface area contributed by atoms with Gasteiger partial charge in [0.25, 0.3) is 0 Å². The lowest BCUT2D eigenvalue weighted by Crippen LogP contribution is -2.16. The van der Waals surface area contributed by atoms with Gasteiger partial charge >= 0.3 is 5.91 Å². The summed E-state index contributed by atoms with van der Waals surface area (Å²) in [7, 11) is 0. The zero-order valence-corrected chi connectivity index (χ0v) is 17.8. The molecule has 0 aliphatic rings. The maximum atomic E-state index is 12.3. The van der Waals surface area contributed by atoms with Crippen LogP contribution in [0.2, 0.25) is 0 Å². The van der Waals surface area contributed by atoms with Crippen LogP contribution in [0.5, 0.6) is 11.5 Å². The van der Waals surface area contributed by atoms with E-state index < -0.39 is 5.91 Å². The molecule has 4 aromatic rings. The van der Waals surface area contributed by atoms with Crippen LogP contribution in [0.15, 0.2) is 88.4 Å². The van der Waals surface area contributed by atoms with E-state index in [4.69, 9.17) is 13.9 Å². The van der Waals surface area contributed by atoms with Crippen molar-refractivity contribution in [1.29, 1.82) is 0 Å². The average molecular weight is 428 g/mol. The van der Waals surface area contributed by atoms with Gasteiger partial charge in [-0.15, -0.1) is 0 Å². The van der Waals surface area contributed by atoms with Gasteiger partial charge in [0.2, 0.25) is 0 Å². The Morgan fingerprint density at radius 3 is 2.53 bits per heavy atom. The minimum absolute atomic E-state index is 0.169. The summed E-state index contributed by atoms with van der Waals surface area (Å²) in [6.07, 6.45) is 2.52. The number of furan rings is 1. The number of ether oxygens (including phenoxy) is 2. The van der Waals surface area contributed by atoms with Crippen LogP contribution in [-0.4, -0.2) is 18.7 Å². The summed E-state index contributed by atoms with van der Waals surface area (Å²) < 4.78 is 16.9. The molecule has 1 heterocycles. The van der Waals surface area contributed by atoms with E-state index in [1.165, 1.54) is 0 Å². The fourth-order valence-corrected chi connectivity index (χ4v) is 3.08. The van der Waals surface area contributed by atoms with Gasteiger partial charge in [0.05, 0.1) is 12.8 Å². The van der Waals surface area contributed by atoms with Crippen molar-refractivity contribution in [2.24, 2.45) is 5.10 Å². The Hall–Kier alpha value is -4.06. The second-order valence-corrected chi connectivity index (χ2v) is 7.18. The van der Waals surface area contributed by atoms with Crippen LogP contribution in [0.3, 0.4) is 0 Å². The number of nitrogens with one attached hydrogen (secondary N) is 1. The Kier molecular flexibility index (Phi) is 6.82. The highest BCUT2D eigenvalue weighted by molar-refractivity contribution is 5.92. The minimum atomic E-state index is -0.430. The van der Waals surface area contributed by atoms with Crippen LogP contribution in [0.4, 0.5) is 0 Å². The summed E-state index contributed by atoms with van der Waals surface area (Å²) in [4.78, 5) is 12.3. The van der Waals surface area contributed by atoms with Crippen molar-refractivity contribution in [2.45, 2.75) is 20.0 Å². The lowest BCUT2D eigenvalue weighted by molar-refractivity contribution is 0.0923. The topological polar surface area (TPSA) is 73.1 Å². The molecular weight excluding hydrogens is 404 g/mol. The summed E-state index contributed by atoms with van der Waals surface area (Å²) in [5.74, 6) is 1.84. The number of carbonyl (C=O) groups is 1. The zero-order chi connectivity index (χ0) is 22.2. The molecule has 1 N–H and O–H groups in total. The van der Waals surface area contributed by atoms with Crippen molar-refractivity contribution in [1.82, 2.24) is 5.43 Å². The lowest BCUT2D eigenvalue weighted by Gasteiger charge is -2.05. The van der Waals surface area contributed by atoms with Crippen LogP contribution in [-0.2, 0) is 6.61 Å². The third-order valence-electron chi connectivity index (χ3n) is 4.72. The fourth-order valence-electron chi connectivity index (χ4n) is 3.08. The predicted molar refractivity (Wildman–Crippen MR) is 124 cm³/mol. The summed E-state index contributed by atoms with van der Waals surface area (Å²) in [5, 5.41) is 6.24. The molecule has 1 amide bonds. The molecule has 0 radical (unpaired) electrons. The molecule has 4 rings (SSSR count). The number of benzene rings is 3. The average Bonchev–Trinajstić information content (AvgIpc) is 3.31. The summed E-state index contributed by atoms with van der Waals surface area (Å²) in [6.45, 7) is 2.97. The Labute approximate surface area is 186 Å². The van der Waals surface area contributed by atoms with E-state index >= 15 is 0 Å². The van der Waals surface area contributed by atoms with Gasteiger partial charge in [-0.3, -0.25) is 4.79 Å². The minimum Gasteiger partial charge on any atom is -0.494 e. The van der Waals surface area contributed by atoms with Crippen molar-refractivity contribution >= 4 is 22.9 Å². The number of hydrazone groups is 1. The molecule has 6 heteroatoms. The highest BCUT2D eigenvalue weighted by Crippen LogP contribution is 2.21. The fraction of sp³-hybridized carbons (Fsp3) is 0.154. The molecule has 162 valence electrons. The monoisotopic (exact) mass is 428 g/mol. The van der Waals surface area contributed by atoms with E-state index in [9.17, 15) is 4.79 Å². The third kappa shape index (κ3) is 5.55. The smallest absolute Gasteiger partial charge is 0.307 e. The molecule has 0 aliphatic heterocycles. The number of nitrogens with zero attached hydrogens (tertiary/aromatic N) is 1. The van der Waals surface area contributed by atoms with Crippen molar-refractivity contribution in [2.75, 3.05) is 6.61 Å². The molecule has 0 bridgehead atoms. The molecule has 0 fully saturated rings. The van der Waals surface area contributed by atoms with E-state index in [0.717, 1.165) is 34.3 Å². The van der Waals surface area contributed by atoms with E-state index in [1.54, 1.807) is 18.3 Å². The van der Waals surface area contributed by atoms with Gasteiger partial charge in [-0.05, 0) is 71.3 Å². The number of fused-ring (bicyclic) bond motifs is 1. The molecule has 1 aromatic heterocycles. The largest absolute Gasteiger partial charge is 0.494 e. The van der Waals surface area contributed by atoms with Crippen LogP contribution in [0, 0.1) is 0 Å². The Balaban J connectivity index is 1.28. The molecule has 0 atom stereocenters. The quantitative estimate of drug-likeness (QED) is 0.280. The van der Waals surface area contributed by atoms with Crippen LogP contribution in [0.1, 0.15) is 35.2 Å². The first-order chi connectivity index (χ1) is 15.7. The number of amides is 1. The zero-order valence-electron chi connectivity index (χ0n) is 17.8. The maximum absolute atomic E-state index is 12.3. The predicted octanol–water partition coefficient (Wildman–Crippen LogP) is 5.56. The van der Waals surface area contributed by atoms with Gasteiger partial charge in [0.1, 0.15) is 23.9 Å². The Bertz CT molecular complexity index is 1210. The molecule has 3 aromatic carbocycles. The highest BCUT2D eigenvalue weighted by Gasteiger charge is 2.11. The molecular formula is C26H24N2O4. The molecule has 6 nitrogen and oxygen atoms in total. The SMILES string of the molecule is CCCOc1ccc(/C=N\NC(=O)c2ccc(COc3ccc4ccccc4c3)o2)cc1. The molecule has 0 aliphatic carbocycles. The van der Waals surface area contributed by atoms with Crippen LogP contribution >= 0.6 is 0 Å². The van der Waals surface area contributed by atoms with Gasteiger partial charge in [-0.25, -0.2) is 5.43 Å². The van der Waals surface area contributed by atoms with Crippen LogP contribution < -0.4 is 14.9 Å². The highest BCUT2D eigenvalue weighted by atomic mass is 16.5. The molecule has 0 saturated carbocycles. The molecule has 0 unspecified atom stereocenters. The van der Waals surface area contributed by atoms with E-state index in [-0.39, 0.29) is 12.4 Å². The van der Waals surface area contributed by atoms with Crippen LogP contribution in [0.25, 0.3) is 10.8 Å². The standard InChI is InChI=1S/C26H24N2O4/c1-2-15-30-22-10-7-19(8-11-22)17-27-28-26(29)25-14-13-24(32-25)18-31-23-12-9-20-5-3-4-6-21(20)16-23/h3-14,16-17H,2,15,18H2,1H3,(H,28,29)/b27-17-. The first kappa shape index (κ1) is 21.2. The molecule has 0 spiro atoms. The second-order valence-electron chi connectivity index (χ2n) is 7.18. The first-order valence-corrected chi connectivity index (χ1v) is 10.5. The number of carbonyl (C=O) groups excluding carboxylic acids is 1. The van der Waals surface area contributed by atoms with Gasteiger partial charge in [0.15, 0.2) is 5.76 Å². The number of rotatable bonds is 9. The summed E-state index contributed by atoms with van der Waals surface area (Å²) in [6, 6.07) is 24.8. The van der Waals surface area contributed by atoms with E-state index in [1.807, 2.05) is 60.7 Å². The molecule has 0 saturated heterocycles. The molecule has 32 heavy (non-hydrogen) atoms. The Morgan fingerprint density at radius 2 is 1.72 bits per heavy atom. The summed E-state index contributed by atoms with van der Waals surface area (Å²) in [5.41, 5.74) is 3.31. The van der Waals surface area contributed by atoms with Gasteiger partial charge < -0.3 is 13.9 Å². The van der Waals surface area contributed by atoms with E-state index in [2.05, 4.69) is 23.5 Å². The number of hydrogen-bond acceptors (Lipinski definition) is 5. The van der Waals surface area contributed by atoms with Crippen molar-refractivity contribution in [3.05, 3.63) is 95.9 Å². The lowest BCUT2D eigenvalue weighted by atomic mass is 10.1. The van der Waals surface area contributed by atoms with E-state index in [0.29, 0.717) is 12.4 Å². The normalized spacial score (nSPS) is 11.0. The van der Waals surface area contributed by atoms with Crippen molar-refractivity contribution in [3.8, 4) is 11.5 Å². The third-order valence-corrected chi connectivity index (χ3v) is 4.72. The van der Waals surface area contributed by atoms with Crippen molar-refractivity contribution < 1.29 is 18.7 Å². The number of hydrogen-bond donors (Lipinski definition) is 1. The second kappa shape index (κ2) is 10.3. The first-order valence-electron chi connectivity index (χ1n) is 10.5. The van der Waals surface area contributed by atoms with Crippen molar-refractivity contribution in [3.63, 3.8) is 0 Å². The summed E-state index contributed by atoms with van der Waals surface area (Å²) >= 11 is 0. The van der Waals surface area contributed by atoms with Gasteiger partial charge in [-0.1, -0.05) is 37.3 Å².